The fourth-order valence-electron chi connectivity index (χ4n) is 1.45. The molecule has 18 heavy (non-hydrogen) atoms. The summed E-state index contributed by atoms with van der Waals surface area (Å²) in [6.07, 6.45) is 3.06. The molecule has 2 aromatic heterocycles. The second-order valence-corrected chi connectivity index (χ2v) is 3.97. The lowest BCUT2D eigenvalue weighted by Gasteiger charge is -2.05. The summed E-state index contributed by atoms with van der Waals surface area (Å²) in [4.78, 5) is 15.6. The fourth-order valence-corrected chi connectivity index (χ4v) is 1.56. The summed E-state index contributed by atoms with van der Waals surface area (Å²) in [5.74, 6) is 0.498. The van der Waals surface area contributed by atoms with Crippen LogP contribution >= 0.6 is 11.6 Å². The van der Waals surface area contributed by atoms with Gasteiger partial charge >= 0.3 is 0 Å². The lowest BCUT2D eigenvalue weighted by Crippen LogP contribution is -2.24. The number of aromatic nitrogens is 4. The Balaban J connectivity index is 1.98. The van der Waals surface area contributed by atoms with Crippen molar-refractivity contribution in [2.45, 2.75) is 20.0 Å². The van der Waals surface area contributed by atoms with Crippen LogP contribution in [0.1, 0.15) is 23.1 Å². The van der Waals surface area contributed by atoms with Gasteiger partial charge in [0.2, 0.25) is 0 Å². The fraction of sp³-hybridized carbons (Fsp3) is 0.273. The quantitative estimate of drug-likeness (QED) is 0.845. The molecule has 0 aromatic carbocycles. The largest absolute Gasteiger partial charge is 0.345 e. The van der Waals surface area contributed by atoms with Gasteiger partial charge in [-0.3, -0.25) is 4.79 Å². The van der Waals surface area contributed by atoms with Gasteiger partial charge in [0.15, 0.2) is 5.82 Å². The summed E-state index contributed by atoms with van der Waals surface area (Å²) < 4.78 is 1.86. The van der Waals surface area contributed by atoms with Crippen molar-refractivity contribution in [3.63, 3.8) is 0 Å². The van der Waals surface area contributed by atoms with Gasteiger partial charge in [-0.05, 0) is 19.1 Å². The third-order valence-electron chi connectivity index (χ3n) is 2.43. The van der Waals surface area contributed by atoms with E-state index in [1.165, 1.54) is 6.20 Å². The molecule has 2 heterocycles. The summed E-state index contributed by atoms with van der Waals surface area (Å²) in [5.41, 5.74) is 0.460. The minimum Gasteiger partial charge on any atom is -0.345 e. The monoisotopic (exact) mass is 265 g/mol. The van der Waals surface area contributed by atoms with E-state index in [0.717, 1.165) is 6.54 Å². The molecule has 0 aliphatic rings. The van der Waals surface area contributed by atoms with Crippen LogP contribution in [0.3, 0.4) is 0 Å². The molecule has 1 amide bonds. The van der Waals surface area contributed by atoms with Crippen LogP contribution in [0, 0.1) is 0 Å². The van der Waals surface area contributed by atoms with Gasteiger partial charge in [-0.15, -0.1) is 10.2 Å². The first-order valence-electron chi connectivity index (χ1n) is 5.47. The molecule has 0 aliphatic heterocycles. The third kappa shape index (κ3) is 2.84. The molecular weight excluding hydrogens is 254 g/mol. The van der Waals surface area contributed by atoms with E-state index in [9.17, 15) is 4.79 Å². The molecule has 0 radical (unpaired) electrons. The Hall–Kier alpha value is -1.95. The zero-order chi connectivity index (χ0) is 13.0. The summed E-state index contributed by atoms with van der Waals surface area (Å²) in [6.45, 7) is 3.08. The maximum Gasteiger partial charge on any atom is 0.253 e. The summed E-state index contributed by atoms with van der Waals surface area (Å²) >= 11 is 5.65. The summed E-state index contributed by atoms with van der Waals surface area (Å²) in [6, 6.07) is 3.19. The Labute approximate surface area is 109 Å². The Kier molecular flexibility index (Phi) is 3.88. The highest BCUT2D eigenvalue weighted by Gasteiger charge is 2.08. The minimum absolute atomic E-state index is 0.218. The number of aryl methyl sites for hydroxylation is 1. The lowest BCUT2D eigenvalue weighted by atomic mass is 10.3. The molecule has 0 fully saturated rings. The zero-order valence-corrected chi connectivity index (χ0v) is 10.6. The first kappa shape index (κ1) is 12.5. The van der Waals surface area contributed by atoms with E-state index in [0.29, 0.717) is 23.1 Å². The highest BCUT2D eigenvalue weighted by molar-refractivity contribution is 6.29. The van der Waals surface area contributed by atoms with E-state index >= 15 is 0 Å². The van der Waals surface area contributed by atoms with Crippen LogP contribution in [-0.2, 0) is 13.1 Å². The molecule has 2 aromatic rings. The number of hydrogen-bond acceptors (Lipinski definition) is 4. The van der Waals surface area contributed by atoms with Gasteiger partial charge in [0, 0.05) is 12.7 Å². The number of carbonyl (C=O) groups excluding carboxylic acids is 1. The molecule has 0 saturated carbocycles. The van der Waals surface area contributed by atoms with Crippen LogP contribution in [0.2, 0.25) is 5.15 Å². The predicted octanol–water partition coefficient (Wildman–Crippen LogP) is 1.28. The Morgan fingerprint density at radius 3 is 3.00 bits per heavy atom. The molecule has 2 rings (SSSR count). The van der Waals surface area contributed by atoms with E-state index in [4.69, 9.17) is 11.6 Å². The van der Waals surface area contributed by atoms with Crippen molar-refractivity contribution in [2.75, 3.05) is 0 Å². The normalized spacial score (nSPS) is 10.3. The van der Waals surface area contributed by atoms with E-state index in [-0.39, 0.29) is 5.91 Å². The van der Waals surface area contributed by atoms with E-state index < -0.39 is 0 Å². The van der Waals surface area contributed by atoms with Crippen molar-refractivity contribution in [1.82, 2.24) is 25.1 Å². The number of nitrogens with zero attached hydrogens (tertiary/aromatic N) is 4. The highest BCUT2D eigenvalue weighted by Crippen LogP contribution is 2.05. The van der Waals surface area contributed by atoms with E-state index in [2.05, 4.69) is 20.5 Å². The minimum atomic E-state index is -0.218. The summed E-state index contributed by atoms with van der Waals surface area (Å²) in [7, 11) is 0. The van der Waals surface area contributed by atoms with E-state index in [1.807, 2.05) is 11.5 Å². The molecule has 1 N–H and O–H groups in total. The molecule has 6 nitrogen and oxygen atoms in total. The topological polar surface area (TPSA) is 72.7 Å². The first-order valence-corrected chi connectivity index (χ1v) is 5.85. The average molecular weight is 266 g/mol. The molecule has 0 atom stereocenters. The Morgan fingerprint density at radius 1 is 1.50 bits per heavy atom. The lowest BCUT2D eigenvalue weighted by molar-refractivity contribution is 0.0949. The molecule has 0 saturated heterocycles. The SMILES string of the molecule is CCn1cnnc1CNC(=O)c1ccc(Cl)nc1. The number of amides is 1. The maximum atomic E-state index is 11.8. The number of hydrogen-bond donors (Lipinski definition) is 1. The van der Waals surface area contributed by atoms with Gasteiger partial charge in [-0.1, -0.05) is 11.6 Å². The van der Waals surface area contributed by atoms with Gasteiger partial charge in [0.1, 0.15) is 11.5 Å². The second-order valence-electron chi connectivity index (χ2n) is 3.59. The van der Waals surface area contributed by atoms with Crippen LogP contribution in [-0.4, -0.2) is 25.7 Å². The summed E-state index contributed by atoms with van der Waals surface area (Å²) in [5, 5.41) is 10.8. The van der Waals surface area contributed by atoms with Crippen LogP contribution in [0.25, 0.3) is 0 Å². The average Bonchev–Trinajstić information content (AvgIpc) is 2.84. The molecule has 7 heteroatoms. The molecule has 94 valence electrons. The second kappa shape index (κ2) is 5.59. The van der Waals surface area contributed by atoms with Crippen LogP contribution in [0.15, 0.2) is 24.7 Å². The molecule has 0 aliphatic carbocycles. The zero-order valence-electron chi connectivity index (χ0n) is 9.80. The molecule has 0 bridgehead atoms. The van der Waals surface area contributed by atoms with Gasteiger partial charge in [-0.25, -0.2) is 4.98 Å². The Morgan fingerprint density at radius 2 is 2.33 bits per heavy atom. The smallest absolute Gasteiger partial charge is 0.253 e. The number of halogens is 1. The van der Waals surface area contributed by atoms with Gasteiger partial charge in [0.25, 0.3) is 5.91 Å². The molecular formula is C11H12ClN5O. The van der Waals surface area contributed by atoms with Crippen molar-refractivity contribution in [1.29, 1.82) is 0 Å². The predicted molar refractivity (Wildman–Crippen MR) is 66.1 cm³/mol. The van der Waals surface area contributed by atoms with Crippen molar-refractivity contribution >= 4 is 17.5 Å². The highest BCUT2D eigenvalue weighted by atomic mass is 35.5. The van der Waals surface area contributed by atoms with Crippen LogP contribution in [0.5, 0.6) is 0 Å². The maximum absolute atomic E-state index is 11.8. The van der Waals surface area contributed by atoms with Gasteiger partial charge < -0.3 is 9.88 Å². The van der Waals surface area contributed by atoms with Crippen LogP contribution < -0.4 is 5.32 Å². The van der Waals surface area contributed by atoms with Crippen molar-refractivity contribution in [3.05, 3.63) is 41.2 Å². The number of nitrogens with one attached hydrogen (secondary N) is 1. The van der Waals surface area contributed by atoms with Gasteiger partial charge in [0.05, 0.1) is 12.1 Å². The standard InChI is InChI=1S/C11H12ClN5O/c1-2-17-7-15-16-10(17)6-14-11(18)8-3-4-9(12)13-5-8/h3-5,7H,2,6H2,1H3,(H,14,18). The number of carbonyl (C=O) groups is 1. The van der Waals surface area contributed by atoms with E-state index in [1.54, 1.807) is 18.5 Å². The van der Waals surface area contributed by atoms with Crippen molar-refractivity contribution in [2.24, 2.45) is 0 Å². The van der Waals surface area contributed by atoms with Gasteiger partial charge in [-0.2, -0.15) is 0 Å². The van der Waals surface area contributed by atoms with Crippen LogP contribution in [0.4, 0.5) is 0 Å². The number of rotatable bonds is 4. The third-order valence-corrected chi connectivity index (χ3v) is 2.66. The molecule has 0 unspecified atom stereocenters. The van der Waals surface area contributed by atoms with Crippen molar-refractivity contribution in [3.8, 4) is 0 Å². The first-order chi connectivity index (χ1) is 8.70. The Bertz CT molecular complexity index is 537. The number of pyridine rings is 1. The van der Waals surface area contributed by atoms with Crippen molar-refractivity contribution < 1.29 is 4.79 Å². The molecule has 0 spiro atoms.